The van der Waals surface area contributed by atoms with Gasteiger partial charge in [-0.2, -0.15) is 7.82 Å². The Hall–Kier alpha value is 2.69. The summed E-state index contributed by atoms with van der Waals surface area (Å²) in [5, 5.41) is 0. The van der Waals surface area contributed by atoms with Gasteiger partial charge in [-0.1, -0.05) is 0 Å². The van der Waals surface area contributed by atoms with Gasteiger partial charge in [-0.05, 0) is 0 Å². The fourth-order valence-corrected chi connectivity index (χ4v) is 0. The van der Waals surface area contributed by atoms with Gasteiger partial charge in [-0.15, -0.1) is 0 Å². The Labute approximate surface area is 111 Å². The van der Waals surface area contributed by atoms with Crippen LogP contribution in [-0.2, 0) is 52.2 Å². The Morgan fingerprint density at radius 3 is 1.00 bits per heavy atom. The van der Waals surface area contributed by atoms with Crippen molar-refractivity contribution in [1.29, 1.82) is 0 Å². The number of phosphoric acid groups is 1. The van der Waals surface area contributed by atoms with Gasteiger partial charge in [0, 0.05) is 0 Å². The van der Waals surface area contributed by atoms with E-state index in [0.29, 0.717) is 0 Å². The summed E-state index contributed by atoms with van der Waals surface area (Å²) in [6.07, 6.45) is 0. The van der Waals surface area contributed by atoms with Crippen LogP contribution in [0.1, 0.15) is 0 Å². The normalized spacial score (nSPS) is 5.90. The predicted octanol–water partition coefficient (Wildman–Crippen LogP) is -8.82. The van der Waals surface area contributed by atoms with Crippen LogP contribution in [0.15, 0.2) is 0 Å². The van der Waals surface area contributed by atoms with Crippen molar-refractivity contribution in [3.05, 3.63) is 0 Å². The molecule has 0 spiro atoms. The molecule has 47 valence electrons. The predicted molar refractivity (Wildman–Crippen MR) is 15.0 cm³/mol. The molecule has 0 aliphatic heterocycles. The zero-order valence-electron chi connectivity index (χ0n) is 5.22. The maximum atomic E-state index is 8.55. The standard InChI is InChI=1S/Fe.2Li.Mn.H3O4P.S/c;;;;1-5(2,3)4;/h;;;;(H3,1,2,3,4);/q+2;2*+1;+2;;+2/p-3. The first-order valence-electron chi connectivity index (χ1n) is 0.730. The second-order valence-electron chi connectivity index (χ2n) is 0.447. The molecule has 0 aromatic rings. The van der Waals surface area contributed by atoms with E-state index in [4.69, 9.17) is 19.2 Å². The van der Waals surface area contributed by atoms with E-state index in [1.165, 1.54) is 0 Å². The maximum absolute atomic E-state index is 8.55. The molecule has 0 N–H and O–H groups in total. The van der Waals surface area contributed by atoms with Crippen LogP contribution >= 0.6 is 7.82 Å². The van der Waals surface area contributed by atoms with Crippen molar-refractivity contribution in [3.63, 3.8) is 0 Å². The minimum absolute atomic E-state index is 0. The maximum Gasteiger partial charge on any atom is 2.00 e. The van der Waals surface area contributed by atoms with Gasteiger partial charge < -0.3 is 19.2 Å². The van der Waals surface area contributed by atoms with Crippen LogP contribution in [0, 0.1) is 0 Å². The second-order valence-corrected chi connectivity index (χ2v) is 1.34. The Kier molecular flexibility index (Phi) is 68.5. The van der Waals surface area contributed by atoms with E-state index in [1.807, 2.05) is 0 Å². The average Bonchev–Trinajstić information content (AvgIpc) is 0.722. The van der Waals surface area contributed by atoms with Gasteiger partial charge in [-0.25, -0.2) is 0 Å². The number of hydrogen-bond donors (Lipinski definition) is 0. The van der Waals surface area contributed by atoms with E-state index in [9.17, 15) is 0 Å². The van der Waals surface area contributed by atoms with Gasteiger partial charge >= 0.3 is 85.4 Å². The molecular weight excluding hydrogens is 252 g/mol. The van der Waals surface area contributed by atoms with Gasteiger partial charge in [-0.3, -0.25) is 0 Å². The first-order valence-corrected chi connectivity index (χ1v) is 2.19. The molecule has 0 bridgehead atoms. The number of rotatable bonds is 0. The van der Waals surface area contributed by atoms with Crippen LogP contribution in [0.3, 0.4) is 0 Å². The van der Waals surface area contributed by atoms with Crippen LogP contribution < -0.4 is 52.4 Å². The van der Waals surface area contributed by atoms with Crippen LogP contribution in [-0.4, -0.2) is 0 Å². The van der Waals surface area contributed by atoms with Crippen molar-refractivity contribution in [2.45, 2.75) is 0 Å². The molecule has 0 heterocycles. The van der Waals surface area contributed by atoms with Crippen molar-refractivity contribution >= 4 is 21.3 Å². The molecule has 0 atom stereocenters. The molecule has 0 rings (SSSR count). The third kappa shape index (κ3) is 138. The fraction of sp³-hybridized carbons (Fsp3) is 0. The second kappa shape index (κ2) is 17.7. The smallest absolute Gasteiger partial charge is 0.822 e. The van der Waals surface area contributed by atoms with Crippen molar-refractivity contribution in [1.82, 2.24) is 0 Å². The van der Waals surface area contributed by atoms with Crippen molar-refractivity contribution < 1.29 is 91.1 Å². The molecule has 0 aliphatic carbocycles. The first-order chi connectivity index (χ1) is 2.00. The molecule has 0 amide bonds. The van der Waals surface area contributed by atoms with Gasteiger partial charge in [0.25, 0.3) is 0 Å². The molecule has 0 saturated carbocycles. The summed E-state index contributed by atoms with van der Waals surface area (Å²) >= 11 is 0. The molecule has 10 heavy (non-hydrogen) atoms. The molecule has 0 saturated heterocycles. The molecule has 0 fully saturated rings. The summed E-state index contributed by atoms with van der Waals surface area (Å²) in [5.41, 5.74) is 0. The largest absolute Gasteiger partial charge is 2.00 e. The topological polar surface area (TPSA) is 86.2 Å². The monoisotopic (exact) mass is 252 g/mol. The van der Waals surface area contributed by atoms with E-state index in [1.54, 1.807) is 0 Å². The van der Waals surface area contributed by atoms with Gasteiger partial charge in [0.2, 0.25) is 0 Å². The van der Waals surface area contributed by atoms with Crippen LogP contribution in [0.5, 0.6) is 0 Å². The molecular formula is FeLi2MnO4PS+5. The van der Waals surface area contributed by atoms with Gasteiger partial charge in [0.1, 0.15) is 0 Å². The Morgan fingerprint density at radius 2 is 1.00 bits per heavy atom. The van der Waals surface area contributed by atoms with Crippen molar-refractivity contribution in [2.75, 3.05) is 0 Å². The molecule has 0 aliphatic rings. The Bertz CT molecular complexity index is 69.4. The van der Waals surface area contributed by atoms with E-state index in [0.717, 1.165) is 0 Å². The Morgan fingerprint density at radius 1 is 1.00 bits per heavy atom. The molecule has 5 radical (unpaired) electrons. The minimum Gasteiger partial charge on any atom is -0.822 e. The van der Waals surface area contributed by atoms with E-state index in [2.05, 4.69) is 0 Å². The molecule has 4 nitrogen and oxygen atoms in total. The van der Waals surface area contributed by atoms with Gasteiger partial charge in [0.05, 0.1) is 0 Å². The fourth-order valence-electron chi connectivity index (χ4n) is 0. The SMILES string of the molecule is O=P([O-])([O-])[O-].[Fe+2].[Li+].[Li+].[Mn+2].[S+2]. The number of hydrogen-bond acceptors (Lipinski definition) is 4. The summed E-state index contributed by atoms with van der Waals surface area (Å²) in [4.78, 5) is 25.6. The summed E-state index contributed by atoms with van der Waals surface area (Å²) in [7, 11) is -5.39. The van der Waals surface area contributed by atoms with E-state index in [-0.39, 0.29) is 85.4 Å². The quantitative estimate of drug-likeness (QED) is 0.316. The van der Waals surface area contributed by atoms with Crippen molar-refractivity contribution in [2.24, 2.45) is 0 Å². The third-order valence-corrected chi connectivity index (χ3v) is 0. The van der Waals surface area contributed by atoms with Gasteiger partial charge in [0.15, 0.2) is 0 Å². The van der Waals surface area contributed by atoms with Crippen LogP contribution in [0.25, 0.3) is 0 Å². The summed E-state index contributed by atoms with van der Waals surface area (Å²) in [6.45, 7) is 0. The van der Waals surface area contributed by atoms with Crippen LogP contribution in [0.4, 0.5) is 0 Å². The summed E-state index contributed by atoms with van der Waals surface area (Å²) in [5.74, 6) is 0. The molecule has 10 heteroatoms. The zero-order chi connectivity index (χ0) is 4.50. The first kappa shape index (κ1) is 38.7. The Balaban J connectivity index is -0.00000000800. The van der Waals surface area contributed by atoms with E-state index >= 15 is 0 Å². The summed E-state index contributed by atoms with van der Waals surface area (Å²) in [6, 6.07) is 0. The van der Waals surface area contributed by atoms with Crippen LogP contribution in [0.2, 0.25) is 0 Å². The molecule has 0 unspecified atom stereocenters. The summed E-state index contributed by atoms with van der Waals surface area (Å²) < 4.78 is 8.55. The van der Waals surface area contributed by atoms with E-state index < -0.39 is 7.82 Å². The average molecular weight is 252 g/mol. The zero-order valence-corrected chi connectivity index (χ0v) is 9.22. The third-order valence-electron chi connectivity index (χ3n) is 0. The minimum atomic E-state index is -5.39. The molecule has 0 aromatic carbocycles. The molecule has 0 aromatic heterocycles. The van der Waals surface area contributed by atoms with Crippen molar-refractivity contribution in [3.8, 4) is 0 Å².